The number of pyridine rings is 1. The second kappa shape index (κ2) is 7.44. The quantitative estimate of drug-likeness (QED) is 0.774. The van der Waals surface area contributed by atoms with Gasteiger partial charge in [-0.1, -0.05) is 33.3 Å². The van der Waals surface area contributed by atoms with E-state index in [2.05, 4.69) is 56.2 Å². The first kappa shape index (κ1) is 14.2. The summed E-state index contributed by atoms with van der Waals surface area (Å²) >= 11 is 0. The third kappa shape index (κ3) is 4.47. The zero-order valence-corrected chi connectivity index (χ0v) is 11.7. The van der Waals surface area contributed by atoms with Crippen molar-refractivity contribution in [1.29, 1.82) is 0 Å². The Bertz CT molecular complexity index is 322. The van der Waals surface area contributed by atoms with E-state index in [0.29, 0.717) is 12.0 Å². The Labute approximate surface area is 106 Å². The van der Waals surface area contributed by atoms with Crippen LogP contribution in [-0.2, 0) is 0 Å². The summed E-state index contributed by atoms with van der Waals surface area (Å²) in [6.07, 6.45) is 3.65. The van der Waals surface area contributed by atoms with Gasteiger partial charge in [-0.05, 0) is 44.4 Å². The van der Waals surface area contributed by atoms with Crippen molar-refractivity contribution in [1.82, 2.24) is 10.3 Å². The maximum absolute atomic E-state index is 4.67. The normalized spacial score (nSPS) is 14.6. The highest BCUT2D eigenvalue weighted by molar-refractivity contribution is 5.14. The Kier molecular flexibility index (Phi) is 6.20. The molecule has 0 saturated heterocycles. The first-order valence-corrected chi connectivity index (χ1v) is 6.86. The van der Waals surface area contributed by atoms with Gasteiger partial charge in [-0.2, -0.15) is 0 Å². The van der Waals surface area contributed by atoms with Crippen LogP contribution in [0.1, 0.15) is 57.5 Å². The van der Waals surface area contributed by atoms with Gasteiger partial charge in [0.15, 0.2) is 0 Å². The van der Waals surface area contributed by atoms with Gasteiger partial charge < -0.3 is 5.32 Å². The first-order valence-electron chi connectivity index (χ1n) is 6.86. The monoisotopic (exact) mass is 234 g/mol. The van der Waals surface area contributed by atoms with Gasteiger partial charge in [-0.25, -0.2) is 0 Å². The zero-order chi connectivity index (χ0) is 12.7. The minimum atomic E-state index is 0.398. The van der Waals surface area contributed by atoms with Crippen LogP contribution in [0.15, 0.2) is 18.2 Å². The zero-order valence-electron chi connectivity index (χ0n) is 11.7. The summed E-state index contributed by atoms with van der Waals surface area (Å²) in [5.74, 6) is 0.640. The predicted molar refractivity (Wildman–Crippen MR) is 74.1 cm³/mol. The van der Waals surface area contributed by atoms with E-state index in [1.54, 1.807) is 0 Å². The molecule has 0 saturated carbocycles. The summed E-state index contributed by atoms with van der Waals surface area (Å²) in [4.78, 5) is 4.67. The lowest BCUT2D eigenvalue weighted by Gasteiger charge is -2.24. The topological polar surface area (TPSA) is 24.9 Å². The minimum Gasteiger partial charge on any atom is -0.308 e. The van der Waals surface area contributed by atoms with Gasteiger partial charge in [0, 0.05) is 5.69 Å². The average Bonchev–Trinajstić information content (AvgIpc) is 2.30. The number of nitrogens with one attached hydrogen (secondary N) is 1. The molecule has 1 rings (SSSR count). The van der Waals surface area contributed by atoms with E-state index in [1.165, 1.54) is 25.0 Å². The van der Waals surface area contributed by atoms with Crippen LogP contribution in [0.5, 0.6) is 0 Å². The molecular weight excluding hydrogens is 208 g/mol. The Morgan fingerprint density at radius 2 is 2.00 bits per heavy atom. The molecule has 0 amide bonds. The number of nitrogens with zero attached hydrogens (tertiary/aromatic N) is 1. The molecule has 0 aliphatic rings. The summed E-state index contributed by atoms with van der Waals surface area (Å²) in [7, 11) is 0. The Hall–Kier alpha value is -0.890. The summed E-state index contributed by atoms with van der Waals surface area (Å²) in [5.41, 5.74) is 2.30. The van der Waals surface area contributed by atoms with Gasteiger partial charge in [0.25, 0.3) is 0 Å². The summed E-state index contributed by atoms with van der Waals surface area (Å²) < 4.78 is 0. The van der Waals surface area contributed by atoms with Crippen LogP contribution in [-0.4, -0.2) is 11.5 Å². The number of aryl methyl sites for hydroxylation is 1. The van der Waals surface area contributed by atoms with Crippen LogP contribution in [0, 0.1) is 12.8 Å². The van der Waals surface area contributed by atoms with Crippen LogP contribution in [0.4, 0.5) is 0 Å². The van der Waals surface area contributed by atoms with Crippen molar-refractivity contribution in [3.8, 4) is 0 Å². The van der Waals surface area contributed by atoms with Gasteiger partial charge >= 0.3 is 0 Å². The Balaban J connectivity index is 2.81. The van der Waals surface area contributed by atoms with Gasteiger partial charge in [0.1, 0.15) is 0 Å². The summed E-state index contributed by atoms with van der Waals surface area (Å²) in [6.45, 7) is 9.90. The molecule has 1 aromatic heterocycles. The maximum atomic E-state index is 4.67. The van der Waals surface area contributed by atoms with Crippen molar-refractivity contribution in [3.63, 3.8) is 0 Å². The lowest BCUT2D eigenvalue weighted by atomic mass is 9.93. The largest absolute Gasteiger partial charge is 0.308 e. The molecule has 17 heavy (non-hydrogen) atoms. The van der Waals surface area contributed by atoms with E-state index in [1.807, 2.05) is 0 Å². The lowest BCUT2D eigenvalue weighted by Crippen LogP contribution is -2.28. The van der Waals surface area contributed by atoms with Gasteiger partial charge in [-0.3, -0.25) is 4.98 Å². The van der Waals surface area contributed by atoms with Crippen molar-refractivity contribution >= 4 is 0 Å². The standard InChI is InChI=1S/C15H26N2/c1-5-8-12(3)15(16-11-6-2)14-10-7-9-13(4)17-14/h7,9-10,12,15-16H,5-6,8,11H2,1-4H3. The highest BCUT2D eigenvalue weighted by atomic mass is 14.9. The van der Waals surface area contributed by atoms with Gasteiger partial charge in [-0.15, -0.1) is 0 Å². The van der Waals surface area contributed by atoms with Crippen LogP contribution in [0.2, 0.25) is 0 Å². The van der Waals surface area contributed by atoms with Crippen molar-refractivity contribution in [2.75, 3.05) is 6.54 Å². The van der Waals surface area contributed by atoms with Crippen molar-refractivity contribution < 1.29 is 0 Å². The van der Waals surface area contributed by atoms with E-state index in [4.69, 9.17) is 0 Å². The second-order valence-corrected chi connectivity index (χ2v) is 4.90. The first-order chi connectivity index (χ1) is 8.19. The molecule has 2 nitrogen and oxygen atoms in total. The SMILES string of the molecule is CCCNC(c1cccc(C)n1)C(C)CCC. The van der Waals surface area contributed by atoms with Crippen LogP contribution < -0.4 is 5.32 Å². The van der Waals surface area contributed by atoms with Crippen molar-refractivity contribution in [3.05, 3.63) is 29.6 Å². The number of aromatic nitrogens is 1. The lowest BCUT2D eigenvalue weighted by molar-refractivity contribution is 0.356. The summed E-state index contributed by atoms with van der Waals surface area (Å²) in [5, 5.41) is 3.64. The molecule has 0 radical (unpaired) electrons. The van der Waals surface area contributed by atoms with Crippen LogP contribution in [0.3, 0.4) is 0 Å². The molecule has 0 aromatic carbocycles. The smallest absolute Gasteiger partial charge is 0.0579 e. The van der Waals surface area contributed by atoms with E-state index < -0.39 is 0 Å². The molecule has 0 aliphatic heterocycles. The maximum Gasteiger partial charge on any atom is 0.0579 e. The van der Waals surface area contributed by atoms with Gasteiger partial charge in [0.2, 0.25) is 0 Å². The molecule has 2 heteroatoms. The van der Waals surface area contributed by atoms with Crippen LogP contribution >= 0.6 is 0 Å². The second-order valence-electron chi connectivity index (χ2n) is 4.90. The fourth-order valence-electron chi connectivity index (χ4n) is 2.26. The Morgan fingerprint density at radius 3 is 2.59 bits per heavy atom. The molecule has 0 fully saturated rings. The summed E-state index contributed by atoms with van der Waals surface area (Å²) in [6, 6.07) is 6.71. The number of rotatable bonds is 7. The molecule has 1 N–H and O–H groups in total. The van der Waals surface area contributed by atoms with E-state index in [-0.39, 0.29) is 0 Å². The highest BCUT2D eigenvalue weighted by Crippen LogP contribution is 2.24. The molecule has 1 aromatic rings. The Morgan fingerprint density at radius 1 is 1.24 bits per heavy atom. The average molecular weight is 234 g/mol. The molecule has 2 unspecified atom stereocenters. The number of hydrogen-bond donors (Lipinski definition) is 1. The van der Waals surface area contributed by atoms with Crippen LogP contribution in [0.25, 0.3) is 0 Å². The highest BCUT2D eigenvalue weighted by Gasteiger charge is 2.18. The third-order valence-corrected chi connectivity index (χ3v) is 3.16. The molecule has 0 aliphatic carbocycles. The molecule has 0 bridgehead atoms. The minimum absolute atomic E-state index is 0.398. The fraction of sp³-hybridized carbons (Fsp3) is 0.667. The van der Waals surface area contributed by atoms with E-state index >= 15 is 0 Å². The molecule has 96 valence electrons. The predicted octanol–water partition coefficient (Wildman–Crippen LogP) is 3.87. The third-order valence-electron chi connectivity index (χ3n) is 3.16. The molecular formula is C15H26N2. The van der Waals surface area contributed by atoms with Crippen molar-refractivity contribution in [2.24, 2.45) is 5.92 Å². The number of hydrogen-bond acceptors (Lipinski definition) is 2. The van der Waals surface area contributed by atoms with Crippen molar-refractivity contribution in [2.45, 2.75) is 53.0 Å². The molecule has 2 atom stereocenters. The van der Waals surface area contributed by atoms with Gasteiger partial charge in [0.05, 0.1) is 11.7 Å². The molecule has 0 spiro atoms. The molecule has 1 heterocycles. The van der Waals surface area contributed by atoms with E-state index in [0.717, 1.165) is 12.2 Å². The van der Waals surface area contributed by atoms with E-state index in [9.17, 15) is 0 Å². The fourth-order valence-corrected chi connectivity index (χ4v) is 2.26.